The second-order valence-electron chi connectivity index (χ2n) is 5.89. The van der Waals surface area contributed by atoms with Crippen molar-refractivity contribution in [1.82, 2.24) is 9.88 Å². The summed E-state index contributed by atoms with van der Waals surface area (Å²) >= 11 is 0. The average molecular weight is 276 g/mol. The van der Waals surface area contributed by atoms with Crippen LogP contribution in [0.1, 0.15) is 44.6 Å². The number of hydrogen-bond acceptors (Lipinski definition) is 4. The molecule has 1 saturated carbocycles. The molecule has 1 aromatic heterocycles. The van der Waals surface area contributed by atoms with Crippen LogP contribution in [0.15, 0.2) is 24.5 Å². The Kier molecular flexibility index (Phi) is 3.17. The highest BCUT2D eigenvalue weighted by Gasteiger charge is 2.61. The van der Waals surface area contributed by atoms with Crippen LogP contribution in [-0.2, 0) is 11.3 Å². The first-order valence-corrected chi connectivity index (χ1v) is 7.17. The first-order chi connectivity index (χ1) is 9.55. The SMILES string of the molecule is C[C@@]1(O)N(Cc2cccnc2)C(=O)OC12CCCCC2. The van der Waals surface area contributed by atoms with Gasteiger partial charge in [0.15, 0.2) is 11.3 Å². The van der Waals surface area contributed by atoms with E-state index in [9.17, 15) is 9.90 Å². The molecule has 1 saturated heterocycles. The molecule has 0 unspecified atom stereocenters. The monoisotopic (exact) mass is 276 g/mol. The molecule has 1 atom stereocenters. The lowest BCUT2D eigenvalue weighted by Crippen LogP contribution is -2.56. The van der Waals surface area contributed by atoms with Crippen molar-refractivity contribution in [3.05, 3.63) is 30.1 Å². The van der Waals surface area contributed by atoms with Crippen LogP contribution >= 0.6 is 0 Å². The topological polar surface area (TPSA) is 62.7 Å². The number of hydrogen-bond donors (Lipinski definition) is 1. The molecule has 0 bridgehead atoms. The minimum Gasteiger partial charge on any atom is -0.438 e. The summed E-state index contributed by atoms with van der Waals surface area (Å²) in [5, 5.41) is 10.9. The maximum Gasteiger partial charge on any atom is 0.413 e. The molecule has 1 amide bonds. The van der Waals surface area contributed by atoms with Gasteiger partial charge in [-0.25, -0.2) is 4.79 Å². The van der Waals surface area contributed by atoms with Crippen molar-refractivity contribution in [1.29, 1.82) is 0 Å². The van der Waals surface area contributed by atoms with E-state index in [2.05, 4.69) is 4.98 Å². The van der Waals surface area contributed by atoms with Crippen molar-refractivity contribution in [2.75, 3.05) is 0 Å². The molecule has 1 aliphatic carbocycles. The predicted molar refractivity (Wildman–Crippen MR) is 72.7 cm³/mol. The third-order valence-electron chi connectivity index (χ3n) is 4.62. The number of carbonyl (C=O) groups is 1. The molecular formula is C15H20N2O3. The van der Waals surface area contributed by atoms with E-state index in [0.717, 1.165) is 37.7 Å². The van der Waals surface area contributed by atoms with E-state index < -0.39 is 17.4 Å². The van der Waals surface area contributed by atoms with E-state index in [4.69, 9.17) is 4.74 Å². The van der Waals surface area contributed by atoms with Crippen molar-refractivity contribution in [3.8, 4) is 0 Å². The molecule has 1 N–H and O–H groups in total. The van der Waals surface area contributed by atoms with Crippen LogP contribution in [0.5, 0.6) is 0 Å². The largest absolute Gasteiger partial charge is 0.438 e. The van der Waals surface area contributed by atoms with Gasteiger partial charge in [-0.15, -0.1) is 0 Å². The zero-order valence-corrected chi connectivity index (χ0v) is 11.7. The smallest absolute Gasteiger partial charge is 0.413 e. The summed E-state index contributed by atoms with van der Waals surface area (Å²) in [6.07, 6.45) is 7.54. The normalized spacial score (nSPS) is 28.7. The summed E-state index contributed by atoms with van der Waals surface area (Å²) in [5.41, 5.74) is -1.12. The van der Waals surface area contributed by atoms with Crippen LogP contribution in [0, 0.1) is 0 Å². The van der Waals surface area contributed by atoms with Crippen LogP contribution in [0.25, 0.3) is 0 Å². The van der Waals surface area contributed by atoms with Crippen LogP contribution < -0.4 is 0 Å². The van der Waals surface area contributed by atoms with Gasteiger partial charge in [0.1, 0.15) is 0 Å². The van der Waals surface area contributed by atoms with E-state index in [1.807, 2.05) is 12.1 Å². The van der Waals surface area contributed by atoms with Crippen molar-refractivity contribution in [2.45, 2.75) is 56.9 Å². The van der Waals surface area contributed by atoms with Gasteiger partial charge in [-0.05, 0) is 44.2 Å². The summed E-state index contributed by atoms with van der Waals surface area (Å²) in [6, 6.07) is 3.71. The zero-order chi connectivity index (χ0) is 14.2. The Hall–Kier alpha value is -1.62. The molecule has 2 heterocycles. The lowest BCUT2D eigenvalue weighted by Gasteiger charge is -2.42. The summed E-state index contributed by atoms with van der Waals surface area (Å²) in [7, 11) is 0. The number of rotatable bonds is 2. The molecule has 20 heavy (non-hydrogen) atoms. The van der Waals surface area contributed by atoms with Crippen LogP contribution in [0.4, 0.5) is 4.79 Å². The van der Waals surface area contributed by atoms with Gasteiger partial charge in [-0.2, -0.15) is 0 Å². The van der Waals surface area contributed by atoms with Crippen molar-refractivity contribution in [2.24, 2.45) is 0 Å². The average Bonchev–Trinajstić information content (AvgIpc) is 2.62. The van der Waals surface area contributed by atoms with E-state index in [1.165, 1.54) is 4.90 Å². The fourth-order valence-electron chi connectivity index (χ4n) is 3.33. The first kappa shape index (κ1) is 13.4. The Labute approximate surface area is 118 Å². The van der Waals surface area contributed by atoms with Crippen molar-refractivity contribution >= 4 is 6.09 Å². The van der Waals surface area contributed by atoms with Gasteiger partial charge < -0.3 is 9.84 Å². The third-order valence-corrected chi connectivity index (χ3v) is 4.62. The molecule has 5 heteroatoms. The van der Waals surface area contributed by atoms with Gasteiger partial charge in [-0.3, -0.25) is 9.88 Å². The summed E-state index contributed by atoms with van der Waals surface area (Å²) in [6.45, 7) is 2.01. The maximum absolute atomic E-state index is 12.2. The van der Waals surface area contributed by atoms with E-state index in [0.29, 0.717) is 6.54 Å². The number of carbonyl (C=O) groups excluding carboxylic acids is 1. The fraction of sp³-hybridized carbons (Fsp3) is 0.600. The maximum atomic E-state index is 12.2. The Balaban J connectivity index is 1.86. The van der Waals surface area contributed by atoms with E-state index in [-0.39, 0.29) is 0 Å². The van der Waals surface area contributed by atoms with Crippen molar-refractivity contribution < 1.29 is 14.6 Å². The summed E-state index contributed by atoms with van der Waals surface area (Å²) in [4.78, 5) is 17.7. The van der Waals surface area contributed by atoms with Gasteiger partial charge >= 0.3 is 6.09 Å². The van der Waals surface area contributed by atoms with Gasteiger partial charge in [0.2, 0.25) is 0 Å². The molecule has 2 fully saturated rings. The predicted octanol–water partition coefficient (Wildman–Crippen LogP) is 2.45. The second-order valence-corrected chi connectivity index (χ2v) is 5.89. The standard InChI is InChI=1S/C15H20N2O3/c1-14(19)15(7-3-2-4-8-15)20-13(18)17(14)11-12-6-5-9-16-10-12/h5-6,9-10,19H,2-4,7-8,11H2,1H3/t14-/m0/s1. The van der Waals surface area contributed by atoms with Crippen LogP contribution in [0.3, 0.4) is 0 Å². The van der Waals surface area contributed by atoms with Gasteiger partial charge in [0.05, 0.1) is 6.54 Å². The Morgan fingerprint density at radius 3 is 2.80 bits per heavy atom. The molecule has 1 aromatic rings. The summed E-state index contributed by atoms with van der Waals surface area (Å²) in [5.74, 6) is 0. The molecule has 5 nitrogen and oxygen atoms in total. The molecule has 3 rings (SSSR count). The number of ether oxygens (including phenoxy) is 1. The molecule has 1 aliphatic heterocycles. The number of pyridine rings is 1. The molecule has 0 radical (unpaired) electrons. The Bertz CT molecular complexity index is 495. The zero-order valence-electron chi connectivity index (χ0n) is 11.7. The van der Waals surface area contributed by atoms with E-state index >= 15 is 0 Å². The quantitative estimate of drug-likeness (QED) is 0.901. The first-order valence-electron chi connectivity index (χ1n) is 7.17. The molecule has 0 aromatic carbocycles. The van der Waals surface area contributed by atoms with Gasteiger partial charge in [0, 0.05) is 12.4 Å². The fourth-order valence-corrected chi connectivity index (χ4v) is 3.33. The van der Waals surface area contributed by atoms with Gasteiger partial charge in [0.25, 0.3) is 0 Å². The minimum absolute atomic E-state index is 0.321. The highest BCUT2D eigenvalue weighted by atomic mass is 16.6. The number of amides is 1. The molecule has 108 valence electrons. The van der Waals surface area contributed by atoms with Crippen LogP contribution in [-0.4, -0.2) is 32.4 Å². The lowest BCUT2D eigenvalue weighted by molar-refractivity contribution is -0.160. The minimum atomic E-state index is -1.26. The van der Waals surface area contributed by atoms with Gasteiger partial charge in [-0.1, -0.05) is 12.5 Å². The second kappa shape index (κ2) is 4.74. The Morgan fingerprint density at radius 2 is 2.15 bits per heavy atom. The molecule has 2 aliphatic rings. The highest BCUT2D eigenvalue weighted by Crippen LogP contribution is 2.47. The van der Waals surface area contributed by atoms with Crippen LogP contribution in [0.2, 0.25) is 0 Å². The number of nitrogens with zero attached hydrogens (tertiary/aromatic N) is 2. The lowest BCUT2D eigenvalue weighted by atomic mass is 9.77. The number of aliphatic hydroxyl groups is 1. The van der Waals surface area contributed by atoms with Crippen molar-refractivity contribution in [3.63, 3.8) is 0 Å². The molecular weight excluding hydrogens is 256 g/mol. The third kappa shape index (κ3) is 1.97. The highest BCUT2D eigenvalue weighted by molar-refractivity contribution is 5.72. The number of aromatic nitrogens is 1. The Morgan fingerprint density at radius 1 is 1.40 bits per heavy atom. The summed E-state index contributed by atoms with van der Waals surface area (Å²) < 4.78 is 5.61. The molecule has 1 spiro atoms. The van der Waals surface area contributed by atoms with E-state index in [1.54, 1.807) is 19.3 Å².